The van der Waals surface area contributed by atoms with Gasteiger partial charge in [0.15, 0.2) is 0 Å². The molecule has 0 saturated carbocycles. The molecule has 5 heteroatoms. The van der Waals surface area contributed by atoms with E-state index in [0.29, 0.717) is 11.4 Å². The Labute approximate surface area is 147 Å². The zero-order valence-corrected chi connectivity index (χ0v) is 14.5. The van der Waals surface area contributed by atoms with Gasteiger partial charge in [0, 0.05) is 18.9 Å². The SMILES string of the molecule is O=S(=O)(c1ccc(-c2ccncc2)cc1)N1CCCc2ccccc21. The number of rotatable bonds is 3. The van der Waals surface area contributed by atoms with Crippen molar-refractivity contribution in [3.05, 3.63) is 78.6 Å². The molecule has 3 aromatic rings. The average Bonchev–Trinajstić information content (AvgIpc) is 2.68. The van der Waals surface area contributed by atoms with Crippen molar-refractivity contribution in [1.29, 1.82) is 0 Å². The Morgan fingerprint density at radius 1 is 0.840 bits per heavy atom. The number of fused-ring (bicyclic) bond motifs is 1. The summed E-state index contributed by atoms with van der Waals surface area (Å²) in [7, 11) is -3.55. The number of nitrogens with zero attached hydrogens (tertiary/aromatic N) is 2. The van der Waals surface area contributed by atoms with E-state index in [1.54, 1.807) is 24.5 Å². The Morgan fingerprint density at radius 2 is 1.52 bits per heavy atom. The van der Waals surface area contributed by atoms with E-state index in [4.69, 9.17) is 0 Å². The predicted molar refractivity (Wildman–Crippen MR) is 99.0 cm³/mol. The lowest BCUT2D eigenvalue weighted by Crippen LogP contribution is -2.35. The first-order valence-electron chi connectivity index (χ1n) is 8.27. The number of pyridine rings is 1. The van der Waals surface area contributed by atoms with Crippen LogP contribution in [0.15, 0.2) is 78.0 Å². The van der Waals surface area contributed by atoms with Gasteiger partial charge < -0.3 is 0 Å². The van der Waals surface area contributed by atoms with Crippen LogP contribution in [0.25, 0.3) is 11.1 Å². The highest BCUT2D eigenvalue weighted by atomic mass is 32.2. The van der Waals surface area contributed by atoms with Crippen molar-refractivity contribution >= 4 is 15.7 Å². The van der Waals surface area contributed by atoms with Crippen molar-refractivity contribution < 1.29 is 8.42 Å². The van der Waals surface area contributed by atoms with Crippen LogP contribution in [0.3, 0.4) is 0 Å². The van der Waals surface area contributed by atoms with Crippen molar-refractivity contribution in [2.24, 2.45) is 0 Å². The molecule has 0 unspecified atom stereocenters. The van der Waals surface area contributed by atoms with Crippen molar-refractivity contribution in [2.45, 2.75) is 17.7 Å². The van der Waals surface area contributed by atoms with Gasteiger partial charge >= 0.3 is 0 Å². The highest BCUT2D eigenvalue weighted by molar-refractivity contribution is 7.92. The van der Waals surface area contributed by atoms with E-state index in [2.05, 4.69) is 4.98 Å². The molecule has 0 N–H and O–H groups in total. The van der Waals surface area contributed by atoms with Gasteiger partial charge in [-0.1, -0.05) is 30.3 Å². The zero-order valence-electron chi connectivity index (χ0n) is 13.7. The molecule has 126 valence electrons. The average molecular weight is 350 g/mol. The largest absolute Gasteiger partial charge is 0.266 e. The molecule has 1 aliphatic rings. The number of para-hydroxylation sites is 1. The van der Waals surface area contributed by atoms with Crippen LogP contribution in [0, 0.1) is 0 Å². The molecular formula is C20H18N2O2S. The van der Waals surface area contributed by atoms with Gasteiger partial charge in [-0.25, -0.2) is 8.42 Å². The van der Waals surface area contributed by atoms with Crippen LogP contribution in [-0.2, 0) is 16.4 Å². The number of anilines is 1. The fraction of sp³-hybridized carbons (Fsp3) is 0.150. The molecule has 0 fully saturated rings. The summed E-state index contributed by atoms with van der Waals surface area (Å²) in [4.78, 5) is 4.33. The molecule has 2 heterocycles. The molecular weight excluding hydrogens is 332 g/mol. The lowest BCUT2D eigenvalue weighted by molar-refractivity contribution is 0.586. The van der Waals surface area contributed by atoms with Gasteiger partial charge in [0.1, 0.15) is 0 Å². The Balaban J connectivity index is 1.70. The summed E-state index contributed by atoms with van der Waals surface area (Å²) in [6.07, 6.45) is 5.21. The van der Waals surface area contributed by atoms with E-state index in [1.165, 1.54) is 4.31 Å². The maximum absolute atomic E-state index is 13.1. The Kier molecular flexibility index (Phi) is 4.01. The maximum Gasteiger partial charge on any atom is 0.264 e. The molecule has 0 bridgehead atoms. The van der Waals surface area contributed by atoms with Crippen LogP contribution in [0.4, 0.5) is 5.69 Å². The van der Waals surface area contributed by atoms with Crippen LogP contribution in [0.5, 0.6) is 0 Å². The second-order valence-electron chi connectivity index (χ2n) is 6.07. The molecule has 0 spiro atoms. The van der Waals surface area contributed by atoms with Crippen molar-refractivity contribution in [3.63, 3.8) is 0 Å². The van der Waals surface area contributed by atoms with Gasteiger partial charge in [-0.3, -0.25) is 9.29 Å². The van der Waals surface area contributed by atoms with Crippen LogP contribution in [-0.4, -0.2) is 19.9 Å². The molecule has 0 aliphatic carbocycles. The van der Waals surface area contributed by atoms with Crippen LogP contribution in [0.1, 0.15) is 12.0 Å². The fourth-order valence-corrected chi connectivity index (χ4v) is 4.78. The minimum Gasteiger partial charge on any atom is -0.266 e. The van der Waals surface area contributed by atoms with Gasteiger partial charge in [0.05, 0.1) is 10.6 Å². The molecule has 2 aromatic carbocycles. The second kappa shape index (κ2) is 6.33. The molecule has 4 rings (SSSR count). The van der Waals surface area contributed by atoms with Gasteiger partial charge in [0.25, 0.3) is 10.0 Å². The summed E-state index contributed by atoms with van der Waals surface area (Å²) < 4.78 is 27.8. The summed E-state index contributed by atoms with van der Waals surface area (Å²) >= 11 is 0. The van der Waals surface area contributed by atoms with E-state index in [1.807, 2.05) is 48.5 Å². The second-order valence-corrected chi connectivity index (χ2v) is 7.93. The first-order valence-corrected chi connectivity index (χ1v) is 9.71. The first kappa shape index (κ1) is 15.8. The quantitative estimate of drug-likeness (QED) is 0.720. The molecule has 0 atom stereocenters. The minimum absolute atomic E-state index is 0.321. The third-order valence-corrected chi connectivity index (χ3v) is 6.35. The molecule has 0 saturated heterocycles. The number of hydrogen-bond donors (Lipinski definition) is 0. The topological polar surface area (TPSA) is 50.3 Å². The fourth-order valence-electron chi connectivity index (χ4n) is 3.24. The van der Waals surface area contributed by atoms with Crippen molar-refractivity contribution in [1.82, 2.24) is 4.98 Å². The highest BCUT2D eigenvalue weighted by Gasteiger charge is 2.28. The predicted octanol–water partition coefficient (Wildman–Crippen LogP) is 3.89. The lowest BCUT2D eigenvalue weighted by Gasteiger charge is -2.30. The first-order chi connectivity index (χ1) is 12.2. The Bertz CT molecular complexity index is 984. The summed E-state index contributed by atoms with van der Waals surface area (Å²) in [5.41, 5.74) is 3.88. The van der Waals surface area contributed by atoms with Gasteiger partial charge in [0.2, 0.25) is 0 Å². The zero-order chi connectivity index (χ0) is 17.3. The molecule has 25 heavy (non-hydrogen) atoms. The van der Waals surface area contributed by atoms with Gasteiger partial charge in [-0.05, 0) is 59.9 Å². The van der Waals surface area contributed by atoms with E-state index >= 15 is 0 Å². The van der Waals surface area contributed by atoms with E-state index in [0.717, 1.165) is 35.2 Å². The number of aromatic nitrogens is 1. The molecule has 4 nitrogen and oxygen atoms in total. The molecule has 0 amide bonds. The van der Waals surface area contributed by atoms with Crippen LogP contribution in [0.2, 0.25) is 0 Å². The summed E-state index contributed by atoms with van der Waals surface area (Å²) in [6, 6.07) is 18.6. The van der Waals surface area contributed by atoms with Gasteiger partial charge in [-0.2, -0.15) is 0 Å². The minimum atomic E-state index is -3.55. The maximum atomic E-state index is 13.1. The van der Waals surface area contributed by atoms with Crippen LogP contribution < -0.4 is 4.31 Å². The normalized spacial score (nSPS) is 14.2. The van der Waals surface area contributed by atoms with Crippen molar-refractivity contribution in [3.8, 4) is 11.1 Å². The third-order valence-electron chi connectivity index (χ3n) is 4.52. The van der Waals surface area contributed by atoms with Crippen LogP contribution >= 0.6 is 0 Å². The highest BCUT2D eigenvalue weighted by Crippen LogP contribution is 2.32. The molecule has 1 aromatic heterocycles. The van der Waals surface area contributed by atoms with Crippen molar-refractivity contribution in [2.75, 3.05) is 10.8 Å². The number of hydrogen-bond acceptors (Lipinski definition) is 3. The van der Waals surface area contributed by atoms with E-state index in [9.17, 15) is 8.42 Å². The third kappa shape index (κ3) is 2.91. The summed E-state index contributed by atoms with van der Waals surface area (Å²) in [5, 5.41) is 0. The summed E-state index contributed by atoms with van der Waals surface area (Å²) in [6.45, 7) is 0.519. The van der Waals surface area contributed by atoms with E-state index in [-0.39, 0.29) is 0 Å². The molecule has 1 aliphatic heterocycles. The lowest BCUT2D eigenvalue weighted by atomic mass is 10.0. The number of aryl methyl sites for hydroxylation is 1. The number of sulfonamides is 1. The monoisotopic (exact) mass is 350 g/mol. The standard InChI is InChI=1S/C20H18N2O2S/c23-25(24,22-15-3-5-18-4-1-2-6-20(18)22)19-9-7-16(8-10-19)17-11-13-21-14-12-17/h1-2,4,6-14H,3,5,15H2. The Morgan fingerprint density at radius 3 is 2.28 bits per heavy atom. The summed E-state index contributed by atoms with van der Waals surface area (Å²) in [5.74, 6) is 0. The van der Waals surface area contributed by atoms with Gasteiger partial charge in [-0.15, -0.1) is 0 Å². The Hall–Kier alpha value is -2.66. The molecule has 0 radical (unpaired) electrons. The smallest absolute Gasteiger partial charge is 0.264 e. The van der Waals surface area contributed by atoms with E-state index < -0.39 is 10.0 Å². The number of benzene rings is 2.